The molecule has 0 radical (unpaired) electrons. The minimum absolute atomic E-state index is 0.180. The van der Waals surface area contributed by atoms with Gasteiger partial charge in [0, 0.05) is 18.8 Å². The minimum Gasteiger partial charge on any atom is -0.481 e. The molecule has 1 amide bonds. The molecule has 1 fully saturated rings. The van der Waals surface area contributed by atoms with E-state index < -0.39 is 11.9 Å². The van der Waals surface area contributed by atoms with Crippen molar-refractivity contribution >= 4 is 11.9 Å². The zero-order valence-corrected chi connectivity index (χ0v) is 12.0. The number of aryl methyl sites for hydroxylation is 2. The number of nitrogens with zero attached hydrogens (tertiary/aromatic N) is 3. The lowest BCUT2D eigenvalue weighted by Crippen LogP contribution is -2.49. The predicted octanol–water partition coefficient (Wildman–Crippen LogP) is 1.42. The van der Waals surface area contributed by atoms with Gasteiger partial charge in [-0.1, -0.05) is 0 Å². The number of amides is 1. The fourth-order valence-corrected chi connectivity index (χ4v) is 2.71. The van der Waals surface area contributed by atoms with Gasteiger partial charge in [0.2, 0.25) is 0 Å². The molecular formula is C14H19N3O3. The number of hydrogen-bond donors (Lipinski definition) is 1. The van der Waals surface area contributed by atoms with E-state index in [1.165, 1.54) is 6.20 Å². The molecule has 20 heavy (non-hydrogen) atoms. The summed E-state index contributed by atoms with van der Waals surface area (Å²) in [4.78, 5) is 33.7. The van der Waals surface area contributed by atoms with Crippen LogP contribution in [0.15, 0.2) is 6.20 Å². The van der Waals surface area contributed by atoms with Crippen molar-refractivity contribution in [3.8, 4) is 0 Å². The van der Waals surface area contributed by atoms with E-state index in [-0.39, 0.29) is 11.9 Å². The van der Waals surface area contributed by atoms with Crippen LogP contribution in [-0.2, 0) is 4.79 Å². The van der Waals surface area contributed by atoms with Gasteiger partial charge < -0.3 is 10.0 Å². The highest BCUT2D eigenvalue weighted by Crippen LogP contribution is 2.25. The number of likely N-dealkylation sites (tertiary alicyclic amines) is 1. The van der Waals surface area contributed by atoms with Gasteiger partial charge in [0.15, 0.2) is 0 Å². The Morgan fingerprint density at radius 2 is 2.10 bits per heavy atom. The van der Waals surface area contributed by atoms with E-state index in [9.17, 15) is 14.7 Å². The van der Waals surface area contributed by atoms with Crippen molar-refractivity contribution in [2.75, 3.05) is 6.54 Å². The molecule has 0 saturated carbocycles. The van der Waals surface area contributed by atoms with Crippen LogP contribution in [-0.4, -0.2) is 44.4 Å². The highest BCUT2D eigenvalue weighted by atomic mass is 16.4. The Hall–Kier alpha value is -1.98. The molecule has 2 heterocycles. The predicted molar refractivity (Wildman–Crippen MR) is 72.4 cm³/mol. The summed E-state index contributed by atoms with van der Waals surface area (Å²) in [5.74, 6) is -0.902. The Bertz CT molecular complexity index is 544. The topological polar surface area (TPSA) is 83.4 Å². The van der Waals surface area contributed by atoms with Crippen LogP contribution in [0.3, 0.4) is 0 Å². The van der Waals surface area contributed by atoms with Crippen LogP contribution in [0.1, 0.15) is 41.6 Å². The van der Waals surface area contributed by atoms with E-state index in [1.807, 2.05) is 0 Å². The summed E-state index contributed by atoms with van der Waals surface area (Å²) in [7, 11) is 0. The fraction of sp³-hybridized carbons (Fsp3) is 0.571. The summed E-state index contributed by atoms with van der Waals surface area (Å²) in [6.07, 6.45) is 2.85. The van der Waals surface area contributed by atoms with Crippen molar-refractivity contribution in [1.29, 1.82) is 0 Å². The summed E-state index contributed by atoms with van der Waals surface area (Å²) < 4.78 is 0. The smallest absolute Gasteiger partial charge is 0.308 e. The Kier molecular flexibility index (Phi) is 4.01. The van der Waals surface area contributed by atoms with Crippen LogP contribution in [0.2, 0.25) is 0 Å². The highest BCUT2D eigenvalue weighted by Gasteiger charge is 2.36. The van der Waals surface area contributed by atoms with Crippen molar-refractivity contribution in [2.24, 2.45) is 5.92 Å². The van der Waals surface area contributed by atoms with Gasteiger partial charge in [0.1, 0.15) is 5.82 Å². The third-order valence-electron chi connectivity index (χ3n) is 3.90. The minimum atomic E-state index is -0.841. The lowest BCUT2D eigenvalue weighted by molar-refractivity contribution is -0.144. The van der Waals surface area contributed by atoms with Gasteiger partial charge in [-0.05, 0) is 33.6 Å². The molecular weight excluding hydrogens is 258 g/mol. The molecule has 1 N–H and O–H groups in total. The molecule has 1 aliphatic rings. The zero-order valence-electron chi connectivity index (χ0n) is 12.0. The van der Waals surface area contributed by atoms with E-state index in [0.29, 0.717) is 36.5 Å². The molecule has 1 saturated heterocycles. The molecule has 0 aliphatic carbocycles. The van der Waals surface area contributed by atoms with Gasteiger partial charge in [0.25, 0.3) is 5.91 Å². The molecule has 6 nitrogen and oxygen atoms in total. The Labute approximate surface area is 117 Å². The van der Waals surface area contributed by atoms with Gasteiger partial charge in [-0.2, -0.15) is 0 Å². The summed E-state index contributed by atoms with van der Waals surface area (Å²) in [6.45, 7) is 5.91. The average Bonchev–Trinajstić information content (AvgIpc) is 2.38. The average molecular weight is 277 g/mol. The molecule has 1 aromatic heterocycles. The number of hydrogen-bond acceptors (Lipinski definition) is 4. The molecule has 0 spiro atoms. The number of aliphatic carboxylic acids is 1. The summed E-state index contributed by atoms with van der Waals surface area (Å²) in [6, 6.07) is -0.311. The third kappa shape index (κ3) is 2.64. The molecule has 0 bridgehead atoms. The van der Waals surface area contributed by atoms with Crippen LogP contribution >= 0.6 is 0 Å². The van der Waals surface area contributed by atoms with Crippen molar-refractivity contribution in [3.05, 3.63) is 23.3 Å². The lowest BCUT2D eigenvalue weighted by atomic mass is 9.90. The third-order valence-corrected chi connectivity index (χ3v) is 3.90. The van der Waals surface area contributed by atoms with Crippen LogP contribution in [0.5, 0.6) is 0 Å². The second-order valence-electron chi connectivity index (χ2n) is 5.24. The number of carboxylic acid groups (broad SMARTS) is 1. The largest absolute Gasteiger partial charge is 0.481 e. The van der Waals surface area contributed by atoms with Gasteiger partial charge in [0.05, 0.1) is 17.2 Å². The van der Waals surface area contributed by atoms with Crippen molar-refractivity contribution in [1.82, 2.24) is 14.9 Å². The standard InChI is InChI=1S/C14H19N3O3/c1-8-12(7-15-10(3)16-8)13(18)17-6-4-5-11(9(17)2)14(19)20/h7,9,11H,4-6H2,1-3H3,(H,19,20)/t9-,11-/m1/s1. The molecule has 0 aromatic carbocycles. The highest BCUT2D eigenvalue weighted by molar-refractivity contribution is 5.95. The molecule has 2 rings (SSSR count). The quantitative estimate of drug-likeness (QED) is 0.883. The first kappa shape index (κ1) is 14.4. The van der Waals surface area contributed by atoms with Crippen molar-refractivity contribution in [3.63, 3.8) is 0 Å². The van der Waals surface area contributed by atoms with Gasteiger partial charge in [-0.3, -0.25) is 9.59 Å². The number of carboxylic acids is 1. The van der Waals surface area contributed by atoms with E-state index >= 15 is 0 Å². The first-order chi connectivity index (χ1) is 9.41. The zero-order chi connectivity index (χ0) is 14.9. The second-order valence-corrected chi connectivity index (χ2v) is 5.24. The lowest BCUT2D eigenvalue weighted by Gasteiger charge is -2.37. The van der Waals surface area contributed by atoms with Crippen LogP contribution in [0.4, 0.5) is 0 Å². The second kappa shape index (κ2) is 5.56. The van der Waals surface area contributed by atoms with Crippen molar-refractivity contribution in [2.45, 2.75) is 39.7 Å². The Morgan fingerprint density at radius 1 is 1.40 bits per heavy atom. The molecule has 108 valence electrons. The normalized spacial score (nSPS) is 22.6. The maximum Gasteiger partial charge on any atom is 0.308 e. The fourth-order valence-electron chi connectivity index (χ4n) is 2.71. The number of piperidine rings is 1. The van der Waals surface area contributed by atoms with Crippen LogP contribution in [0, 0.1) is 19.8 Å². The summed E-state index contributed by atoms with van der Waals surface area (Å²) >= 11 is 0. The number of carbonyl (C=O) groups is 2. The van der Waals surface area contributed by atoms with E-state index in [4.69, 9.17) is 0 Å². The van der Waals surface area contributed by atoms with Gasteiger partial charge >= 0.3 is 5.97 Å². The van der Waals surface area contributed by atoms with E-state index in [2.05, 4.69) is 9.97 Å². The molecule has 0 unspecified atom stereocenters. The van der Waals surface area contributed by atoms with E-state index in [0.717, 1.165) is 0 Å². The number of carbonyl (C=O) groups excluding carboxylic acids is 1. The monoisotopic (exact) mass is 277 g/mol. The SMILES string of the molecule is Cc1ncc(C(=O)N2CCC[C@@H](C(=O)O)[C@H]2C)c(C)n1. The Morgan fingerprint density at radius 3 is 2.70 bits per heavy atom. The summed E-state index contributed by atoms with van der Waals surface area (Å²) in [5, 5.41) is 9.21. The first-order valence-corrected chi connectivity index (χ1v) is 6.76. The molecule has 2 atom stereocenters. The van der Waals surface area contributed by atoms with Gasteiger partial charge in [-0.15, -0.1) is 0 Å². The number of aromatic nitrogens is 2. The molecule has 1 aromatic rings. The summed E-state index contributed by atoms with van der Waals surface area (Å²) in [5.41, 5.74) is 1.08. The Balaban J connectivity index is 2.26. The first-order valence-electron chi connectivity index (χ1n) is 6.76. The maximum atomic E-state index is 12.6. The van der Waals surface area contributed by atoms with Crippen LogP contribution in [0.25, 0.3) is 0 Å². The van der Waals surface area contributed by atoms with E-state index in [1.54, 1.807) is 25.7 Å². The van der Waals surface area contributed by atoms with Gasteiger partial charge in [-0.25, -0.2) is 9.97 Å². The molecule has 1 aliphatic heterocycles. The van der Waals surface area contributed by atoms with Crippen molar-refractivity contribution < 1.29 is 14.7 Å². The maximum absolute atomic E-state index is 12.6. The molecule has 6 heteroatoms. The van der Waals surface area contributed by atoms with Crippen LogP contribution < -0.4 is 0 Å². The number of rotatable bonds is 2.